The molecule has 3 atom stereocenters. The predicted octanol–water partition coefficient (Wildman–Crippen LogP) is 0.866. The molecule has 5 N–H and O–H groups in total. The molecule has 1 heterocycles. The summed E-state index contributed by atoms with van der Waals surface area (Å²) >= 11 is 0. The Bertz CT molecular complexity index is 486. The number of urea groups is 1. The van der Waals surface area contributed by atoms with Crippen molar-refractivity contribution < 1.29 is 22.7 Å². The molecule has 0 aromatic rings. The van der Waals surface area contributed by atoms with Crippen LogP contribution in [0.2, 0.25) is 0 Å². The molecule has 3 unspecified atom stereocenters. The maximum Gasteiger partial charge on any atom is 0.522 e. The summed E-state index contributed by atoms with van der Waals surface area (Å²) in [6, 6.07) is -0.271. The molecule has 1 aliphatic carbocycles. The molecule has 1 aliphatic heterocycles. The van der Waals surface area contributed by atoms with Gasteiger partial charge in [-0.05, 0) is 53.1 Å². The van der Waals surface area contributed by atoms with Gasteiger partial charge in [0.1, 0.15) is 6.29 Å². The number of amides is 2. The van der Waals surface area contributed by atoms with Gasteiger partial charge in [-0.2, -0.15) is 0 Å². The minimum absolute atomic E-state index is 0.0801. The highest BCUT2D eigenvalue weighted by molar-refractivity contribution is 5.74. The lowest BCUT2D eigenvalue weighted by atomic mass is 9.93. The average Bonchev–Trinajstić information content (AvgIpc) is 2.54. The zero-order chi connectivity index (χ0) is 20.7. The summed E-state index contributed by atoms with van der Waals surface area (Å²) in [5, 5.41) is 15.7. The molecule has 2 amide bonds. The van der Waals surface area contributed by atoms with E-state index in [1.165, 1.54) is 0 Å². The van der Waals surface area contributed by atoms with Gasteiger partial charge in [0.2, 0.25) is 0 Å². The predicted molar refractivity (Wildman–Crippen MR) is 99.3 cm³/mol. The maximum atomic E-state index is 12.3. The van der Waals surface area contributed by atoms with E-state index in [9.17, 15) is 18.0 Å². The lowest BCUT2D eigenvalue weighted by molar-refractivity contribution is -0.345. The van der Waals surface area contributed by atoms with Crippen LogP contribution in [0.15, 0.2) is 0 Å². The van der Waals surface area contributed by atoms with Crippen LogP contribution in [-0.4, -0.2) is 75.1 Å². The van der Waals surface area contributed by atoms with E-state index in [0.717, 1.165) is 19.5 Å². The SMILES string of the molecule is CC1CC(NCCN(C)C)NC(NC(=O)NC2CCC(OC(F)(F)F)CC2)N1. The molecule has 11 heteroatoms. The fourth-order valence-electron chi connectivity index (χ4n) is 3.58. The van der Waals surface area contributed by atoms with Crippen molar-refractivity contribution in [1.82, 2.24) is 31.5 Å². The van der Waals surface area contributed by atoms with Crippen LogP contribution in [0.25, 0.3) is 0 Å². The summed E-state index contributed by atoms with van der Waals surface area (Å²) < 4.78 is 40.9. The van der Waals surface area contributed by atoms with Crippen LogP contribution in [0.4, 0.5) is 18.0 Å². The summed E-state index contributed by atoms with van der Waals surface area (Å²) in [6.07, 6.45) is -3.36. The maximum absolute atomic E-state index is 12.3. The summed E-state index contributed by atoms with van der Waals surface area (Å²) in [6.45, 7) is 3.80. The Kier molecular flexibility index (Phi) is 8.75. The van der Waals surface area contributed by atoms with Gasteiger partial charge in [0.15, 0.2) is 0 Å². The molecule has 28 heavy (non-hydrogen) atoms. The third kappa shape index (κ3) is 8.91. The van der Waals surface area contributed by atoms with Gasteiger partial charge in [-0.15, -0.1) is 13.2 Å². The van der Waals surface area contributed by atoms with E-state index < -0.39 is 12.5 Å². The van der Waals surface area contributed by atoms with Crippen LogP contribution < -0.4 is 26.6 Å². The number of likely N-dealkylation sites (N-methyl/N-ethyl adjacent to an activating group) is 1. The van der Waals surface area contributed by atoms with E-state index in [0.29, 0.717) is 12.8 Å². The van der Waals surface area contributed by atoms with E-state index in [4.69, 9.17) is 0 Å². The van der Waals surface area contributed by atoms with E-state index in [2.05, 4.69) is 43.1 Å². The van der Waals surface area contributed by atoms with Crippen LogP contribution in [0.5, 0.6) is 0 Å². The molecule has 0 aromatic heterocycles. The largest absolute Gasteiger partial charge is 0.522 e. The first kappa shape index (κ1) is 23.1. The Morgan fingerprint density at radius 1 is 1.14 bits per heavy atom. The van der Waals surface area contributed by atoms with Crippen molar-refractivity contribution in [1.29, 1.82) is 0 Å². The van der Waals surface area contributed by atoms with Crippen molar-refractivity contribution in [2.75, 3.05) is 27.2 Å². The molecule has 0 aromatic carbocycles. The van der Waals surface area contributed by atoms with Crippen LogP contribution in [-0.2, 0) is 4.74 Å². The summed E-state index contributed by atoms with van der Waals surface area (Å²) in [5.41, 5.74) is 0. The van der Waals surface area contributed by atoms with Crippen LogP contribution in [0.1, 0.15) is 39.0 Å². The number of ether oxygens (including phenoxy) is 1. The topological polar surface area (TPSA) is 89.7 Å². The monoisotopic (exact) mass is 410 g/mol. The van der Waals surface area contributed by atoms with Gasteiger partial charge in [0, 0.05) is 25.2 Å². The minimum Gasteiger partial charge on any atom is -0.335 e. The standard InChI is InChI=1S/C17H33F3N6O2/c1-11-10-14(21-8-9-26(2)3)24-15(22-11)25-16(27)23-12-4-6-13(7-5-12)28-17(18,19)20/h11-15,21-22,24H,4-10H2,1-3H3,(H2,23,25,27). The first-order valence-corrected chi connectivity index (χ1v) is 9.82. The van der Waals surface area contributed by atoms with Crippen LogP contribution in [0.3, 0.4) is 0 Å². The number of hydrogen-bond donors (Lipinski definition) is 5. The molecule has 0 radical (unpaired) electrons. The molecule has 1 saturated heterocycles. The Balaban J connectivity index is 1.69. The van der Waals surface area contributed by atoms with Gasteiger partial charge in [-0.1, -0.05) is 0 Å². The highest BCUT2D eigenvalue weighted by atomic mass is 19.4. The molecule has 2 fully saturated rings. The Labute approximate surface area is 164 Å². The molecule has 0 bridgehead atoms. The molecule has 2 rings (SSSR count). The summed E-state index contributed by atoms with van der Waals surface area (Å²) in [7, 11) is 4.02. The molecule has 0 spiro atoms. The van der Waals surface area contributed by atoms with Crippen molar-refractivity contribution >= 4 is 6.03 Å². The fraction of sp³-hybridized carbons (Fsp3) is 0.941. The molecular formula is C17H33F3N6O2. The molecular weight excluding hydrogens is 377 g/mol. The van der Waals surface area contributed by atoms with Gasteiger partial charge in [0.05, 0.1) is 12.3 Å². The Morgan fingerprint density at radius 3 is 2.43 bits per heavy atom. The highest BCUT2D eigenvalue weighted by Gasteiger charge is 2.35. The highest BCUT2D eigenvalue weighted by Crippen LogP contribution is 2.27. The van der Waals surface area contributed by atoms with E-state index in [1.54, 1.807) is 0 Å². The number of rotatable bonds is 7. The van der Waals surface area contributed by atoms with Crippen molar-refractivity contribution in [3.8, 4) is 0 Å². The first-order chi connectivity index (χ1) is 13.1. The third-order valence-electron chi connectivity index (χ3n) is 4.94. The zero-order valence-electron chi connectivity index (χ0n) is 16.7. The second-order valence-electron chi connectivity index (χ2n) is 7.87. The lowest BCUT2D eigenvalue weighted by Crippen LogP contribution is -2.68. The van der Waals surface area contributed by atoms with Crippen molar-refractivity contribution in [3.63, 3.8) is 0 Å². The second-order valence-corrected chi connectivity index (χ2v) is 7.87. The summed E-state index contributed by atoms with van der Waals surface area (Å²) in [5.74, 6) is 0. The van der Waals surface area contributed by atoms with Gasteiger partial charge in [0.25, 0.3) is 0 Å². The quantitative estimate of drug-likeness (QED) is 0.428. The van der Waals surface area contributed by atoms with E-state index >= 15 is 0 Å². The third-order valence-corrected chi connectivity index (χ3v) is 4.94. The molecule has 164 valence electrons. The van der Waals surface area contributed by atoms with Gasteiger partial charge in [-0.3, -0.25) is 15.4 Å². The van der Waals surface area contributed by atoms with E-state index in [-0.39, 0.29) is 43.4 Å². The fourth-order valence-corrected chi connectivity index (χ4v) is 3.58. The Morgan fingerprint density at radius 2 is 1.82 bits per heavy atom. The number of alkyl halides is 3. The first-order valence-electron chi connectivity index (χ1n) is 9.82. The summed E-state index contributed by atoms with van der Waals surface area (Å²) in [4.78, 5) is 14.4. The molecule has 8 nitrogen and oxygen atoms in total. The average molecular weight is 410 g/mol. The minimum atomic E-state index is -4.60. The number of carbonyl (C=O) groups is 1. The van der Waals surface area contributed by atoms with E-state index in [1.807, 2.05) is 14.1 Å². The zero-order valence-corrected chi connectivity index (χ0v) is 16.7. The number of nitrogens with zero attached hydrogens (tertiary/aromatic N) is 1. The lowest BCUT2D eigenvalue weighted by Gasteiger charge is -2.37. The molecule has 1 saturated carbocycles. The van der Waals surface area contributed by atoms with Gasteiger partial charge >= 0.3 is 12.4 Å². The second kappa shape index (κ2) is 10.6. The van der Waals surface area contributed by atoms with Crippen LogP contribution in [0, 0.1) is 0 Å². The van der Waals surface area contributed by atoms with Gasteiger partial charge < -0.3 is 20.9 Å². The van der Waals surface area contributed by atoms with Crippen molar-refractivity contribution in [2.24, 2.45) is 0 Å². The van der Waals surface area contributed by atoms with Gasteiger partial charge in [-0.25, -0.2) is 4.79 Å². The van der Waals surface area contributed by atoms with Crippen molar-refractivity contribution in [3.05, 3.63) is 0 Å². The number of carbonyl (C=O) groups excluding carboxylic acids is 1. The molecule has 2 aliphatic rings. The number of halogens is 3. The number of nitrogens with one attached hydrogen (secondary N) is 5. The normalized spacial score (nSPS) is 31.6. The number of hydrogen-bond acceptors (Lipinski definition) is 6. The van der Waals surface area contributed by atoms with Crippen LogP contribution >= 0.6 is 0 Å². The van der Waals surface area contributed by atoms with Crippen molar-refractivity contribution in [2.45, 2.75) is 76.0 Å². The Hall–Kier alpha value is -1.14. The smallest absolute Gasteiger partial charge is 0.335 e.